The second-order valence-electron chi connectivity index (χ2n) is 23.7. The van der Waals surface area contributed by atoms with Gasteiger partial charge < -0.3 is 14.0 Å². The summed E-state index contributed by atoms with van der Waals surface area (Å²) in [6.07, 6.45) is 0. The summed E-state index contributed by atoms with van der Waals surface area (Å²) in [5.74, 6) is 0. The number of fused-ring (bicyclic) bond motifs is 11. The molecule has 0 fully saturated rings. The van der Waals surface area contributed by atoms with E-state index in [1.807, 2.05) is 0 Å². The summed E-state index contributed by atoms with van der Waals surface area (Å²) in [5.41, 5.74) is 27.5. The molecule has 0 N–H and O–H groups in total. The Morgan fingerprint density at radius 1 is 0.342 bits per heavy atom. The molecule has 2 aliphatic heterocycles. The first kappa shape index (κ1) is 43.5. The maximum atomic E-state index is 2.68. The Morgan fingerprint density at radius 3 is 1.54 bits per heavy atom. The van der Waals surface area contributed by atoms with E-state index >= 15 is 0 Å². The fraction of sp³-hybridized carbons (Fsp3) is 0.111. The fourth-order valence-corrected chi connectivity index (χ4v) is 13.7. The summed E-state index contributed by atoms with van der Waals surface area (Å²) in [4.78, 5) is 2.58. The molecule has 3 nitrogen and oxygen atoms in total. The molecule has 4 heteroatoms. The lowest BCUT2D eigenvalue weighted by atomic mass is 9.33. The van der Waals surface area contributed by atoms with Crippen molar-refractivity contribution >= 4 is 94.5 Å². The Labute approximate surface area is 444 Å². The minimum Gasteiger partial charge on any atom is -0.311 e. The molecule has 0 saturated carbocycles. The van der Waals surface area contributed by atoms with Gasteiger partial charge in [-0.15, -0.1) is 0 Å². The van der Waals surface area contributed by atoms with Crippen molar-refractivity contribution in [3.05, 3.63) is 230 Å². The summed E-state index contributed by atoms with van der Waals surface area (Å²) in [5, 5.41) is 7.86. The molecule has 0 spiro atoms. The van der Waals surface area contributed by atoms with Crippen LogP contribution in [0, 0.1) is 0 Å². The predicted octanol–water partition coefficient (Wildman–Crippen LogP) is 17.2. The number of benzene rings is 11. The van der Waals surface area contributed by atoms with Crippen LogP contribution in [0.5, 0.6) is 0 Å². The van der Waals surface area contributed by atoms with E-state index in [2.05, 4.69) is 274 Å². The highest BCUT2D eigenvalue weighted by Crippen LogP contribution is 2.52. The Morgan fingerprint density at radius 2 is 0.895 bits per heavy atom. The van der Waals surface area contributed by atoms with Crippen molar-refractivity contribution in [2.45, 2.75) is 52.4 Å². The van der Waals surface area contributed by atoms with Crippen molar-refractivity contribution in [3.63, 3.8) is 0 Å². The normalized spacial score (nSPS) is 13.3. The molecule has 1 aliphatic carbocycles. The molecular formula is C72H54BN3. The molecule has 0 unspecified atom stereocenters. The summed E-state index contributed by atoms with van der Waals surface area (Å²) >= 11 is 0. The molecule has 0 atom stereocenters. The molecule has 76 heavy (non-hydrogen) atoms. The molecule has 11 aromatic carbocycles. The van der Waals surface area contributed by atoms with Crippen molar-refractivity contribution in [1.82, 2.24) is 9.13 Å². The van der Waals surface area contributed by atoms with Crippen LogP contribution < -0.4 is 21.3 Å². The van der Waals surface area contributed by atoms with E-state index in [1.54, 1.807) is 0 Å². The van der Waals surface area contributed by atoms with Gasteiger partial charge in [0, 0.05) is 44.3 Å². The van der Waals surface area contributed by atoms with Gasteiger partial charge in [0.1, 0.15) is 0 Å². The lowest BCUT2D eigenvalue weighted by molar-refractivity contribution is 0.590. The van der Waals surface area contributed by atoms with Gasteiger partial charge in [-0.1, -0.05) is 199 Å². The van der Waals surface area contributed by atoms with E-state index in [0.717, 1.165) is 11.4 Å². The third kappa shape index (κ3) is 6.01. The molecule has 360 valence electrons. The molecule has 0 radical (unpaired) electrons. The number of hydrogen-bond acceptors (Lipinski definition) is 1. The topological polar surface area (TPSA) is 13.1 Å². The van der Waals surface area contributed by atoms with Crippen LogP contribution in [-0.4, -0.2) is 15.8 Å². The Balaban J connectivity index is 1.08. The van der Waals surface area contributed by atoms with Crippen LogP contribution in [0.25, 0.3) is 110 Å². The highest BCUT2D eigenvalue weighted by atomic mass is 15.2. The largest absolute Gasteiger partial charge is 0.311 e. The van der Waals surface area contributed by atoms with E-state index in [4.69, 9.17) is 0 Å². The molecule has 0 saturated heterocycles. The van der Waals surface area contributed by atoms with E-state index in [-0.39, 0.29) is 17.5 Å². The SMILES string of the molecule is CC(C)(C)c1ccc2c(c1)c1cc(C(C)(C)C)ccc1n2-c1cc2c3c(c1)-n1c4cccc5c4c4c6c(cccc6cc(c41)B3c1cc(-c3ccccc3)ccc1N2c1ccc(-c2ccccc2)cc1)-c1ccccc1-5. The third-order valence-electron chi connectivity index (χ3n) is 17.3. The highest BCUT2D eigenvalue weighted by Gasteiger charge is 2.44. The van der Waals surface area contributed by atoms with Crippen LogP contribution in [-0.2, 0) is 10.8 Å². The van der Waals surface area contributed by atoms with Crippen molar-refractivity contribution in [3.8, 4) is 55.9 Å². The summed E-state index contributed by atoms with van der Waals surface area (Å²) in [6, 6.07) is 83.4. The molecular weight excluding hydrogens is 918 g/mol. The lowest BCUT2D eigenvalue weighted by Gasteiger charge is -2.41. The lowest BCUT2D eigenvalue weighted by Crippen LogP contribution is -2.60. The number of aromatic nitrogens is 2. The average molecular weight is 972 g/mol. The Bertz CT molecular complexity index is 4570. The molecule has 2 aromatic heterocycles. The second kappa shape index (κ2) is 15.4. The summed E-state index contributed by atoms with van der Waals surface area (Å²) in [6.45, 7) is 13.9. The van der Waals surface area contributed by atoms with Crippen molar-refractivity contribution in [2.24, 2.45) is 0 Å². The predicted molar refractivity (Wildman–Crippen MR) is 325 cm³/mol. The molecule has 13 aromatic rings. The highest BCUT2D eigenvalue weighted by molar-refractivity contribution is 7.00. The van der Waals surface area contributed by atoms with Gasteiger partial charge in [-0.25, -0.2) is 0 Å². The van der Waals surface area contributed by atoms with Crippen LogP contribution in [0.15, 0.2) is 218 Å². The van der Waals surface area contributed by atoms with Gasteiger partial charge in [0.25, 0.3) is 6.71 Å². The van der Waals surface area contributed by atoms with E-state index in [1.165, 1.54) is 143 Å². The monoisotopic (exact) mass is 971 g/mol. The number of hydrogen-bond donors (Lipinski definition) is 0. The molecule has 16 rings (SSSR count). The zero-order valence-corrected chi connectivity index (χ0v) is 43.7. The maximum absolute atomic E-state index is 2.68. The smallest absolute Gasteiger partial charge is 0.252 e. The van der Waals surface area contributed by atoms with Crippen LogP contribution in [0.4, 0.5) is 17.1 Å². The van der Waals surface area contributed by atoms with Crippen LogP contribution in [0.3, 0.4) is 0 Å². The quantitative estimate of drug-likeness (QED) is 0.160. The van der Waals surface area contributed by atoms with Gasteiger partial charge >= 0.3 is 0 Å². The van der Waals surface area contributed by atoms with E-state index in [0.29, 0.717) is 0 Å². The zero-order valence-electron chi connectivity index (χ0n) is 43.7. The molecule has 0 bridgehead atoms. The molecule has 0 amide bonds. The van der Waals surface area contributed by atoms with Crippen LogP contribution >= 0.6 is 0 Å². The number of nitrogens with zero attached hydrogens (tertiary/aromatic N) is 3. The number of anilines is 3. The first-order valence-electron chi connectivity index (χ1n) is 27.0. The third-order valence-corrected chi connectivity index (χ3v) is 17.3. The van der Waals surface area contributed by atoms with Crippen LogP contribution in [0.1, 0.15) is 52.7 Å². The Kier molecular flexibility index (Phi) is 8.80. The van der Waals surface area contributed by atoms with Crippen molar-refractivity contribution in [1.29, 1.82) is 0 Å². The fourth-order valence-electron chi connectivity index (χ4n) is 13.7. The van der Waals surface area contributed by atoms with Gasteiger partial charge in [-0.3, -0.25) is 0 Å². The van der Waals surface area contributed by atoms with Gasteiger partial charge in [-0.05, 0) is 154 Å². The van der Waals surface area contributed by atoms with Crippen molar-refractivity contribution < 1.29 is 0 Å². The Hall–Kier alpha value is -8.86. The maximum Gasteiger partial charge on any atom is 0.252 e. The van der Waals surface area contributed by atoms with Gasteiger partial charge in [-0.2, -0.15) is 0 Å². The standard InChI is InChI=1S/C72H54BN3/c1-71(2,3)48-30-35-60-56(39-48)57-40-49(72(4,5)6)31-36-61(57)75(60)51-41-64-69-65(42-51)76-63-26-16-25-55-53-23-14-13-22-52(53)54-24-15-21-47-38-59(70(76)68(66(47)54)67(55)63)73(69)58-37-46(44-19-11-8-12-20-44)29-34-62(58)74(64)50-32-27-45(28-33-50)43-17-9-7-10-18-43/h7-42H,1-6H3. The van der Waals surface area contributed by atoms with Crippen molar-refractivity contribution in [2.75, 3.05) is 4.90 Å². The first-order chi connectivity index (χ1) is 37.0. The number of rotatable bonds is 4. The minimum atomic E-state index is -0.0710. The van der Waals surface area contributed by atoms with E-state index in [9.17, 15) is 0 Å². The van der Waals surface area contributed by atoms with Crippen LogP contribution in [0.2, 0.25) is 0 Å². The summed E-state index contributed by atoms with van der Waals surface area (Å²) < 4.78 is 5.25. The van der Waals surface area contributed by atoms with Gasteiger partial charge in [0.05, 0.1) is 27.8 Å². The van der Waals surface area contributed by atoms with Gasteiger partial charge in [0.15, 0.2) is 0 Å². The zero-order chi connectivity index (χ0) is 50.9. The summed E-state index contributed by atoms with van der Waals surface area (Å²) in [7, 11) is 0. The molecule has 3 aliphatic rings. The van der Waals surface area contributed by atoms with Gasteiger partial charge in [0.2, 0.25) is 0 Å². The van der Waals surface area contributed by atoms with E-state index < -0.39 is 0 Å². The average Bonchev–Trinajstić information content (AvgIpc) is 4.06. The first-order valence-corrected chi connectivity index (χ1v) is 27.0. The second-order valence-corrected chi connectivity index (χ2v) is 23.7. The minimum absolute atomic E-state index is 0.0141. The molecule has 4 heterocycles.